The van der Waals surface area contributed by atoms with Crippen molar-refractivity contribution in [3.63, 3.8) is 0 Å². The van der Waals surface area contributed by atoms with Crippen LogP contribution >= 0.6 is 0 Å². The van der Waals surface area contributed by atoms with E-state index in [4.69, 9.17) is 4.74 Å². The molecule has 0 unspecified atom stereocenters. The van der Waals surface area contributed by atoms with Crippen molar-refractivity contribution in [2.24, 2.45) is 4.99 Å². The average molecular weight is 210 g/mol. The number of amides is 1. The highest BCUT2D eigenvalue weighted by molar-refractivity contribution is 5.94. The number of hydrogen-bond donors (Lipinski definition) is 0. The third-order valence-electron chi connectivity index (χ3n) is 2.27. The quantitative estimate of drug-likeness (QED) is 0.515. The zero-order valence-electron chi connectivity index (χ0n) is 8.68. The van der Waals surface area contributed by atoms with E-state index in [1.165, 1.54) is 6.08 Å². The van der Waals surface area contributed by atoms with Gasteiger partial charge in [0.1, 0.15) is 18.7 Å². The molecule has 0 aliphatic carbocycles. The standard InChI is InChI=1S/C10H14N2O3/c1-3-6-15-10(14)11-9-5-4-8(7-13)12(9)2/h3,7-8H,1,4-6H2,2H3/b11-9-/t8-/m0/s1. The van der Waals surface area contributed by atoms with Gasteiger partial charge in [-0.25, -0.2) is 4.79 Å². The summed E-state index contributed by atoms with van der Waals surface area (Å²) < 4.78 is 4.71. The van der Waals surface area contributed by atoms with Crippen LogP contribution in [0.2, 0.25) is 0 Å². The van der Waals surface area contributed by atoms with Gasteiger partial charge in [-0.15, -0.1) is 0 Å². The van der Waals surface area contributed by atoms with E-state index >= 15 is 0 Å². The maximum absolute atomic E-state index is 11.1. The van der Waals surface area contributed by atoms with Crippen LogP contribution < -0.4 is 0 Å². The first kappa shape index (κ1) is 11.4. The van der Waals surface area contributed by atoms with E-state index in [0.29, 0.717) is 18.7 Å². The van der Waals surface area contributed by atoms with Gasteiger partial charge in [-0.1, -0.05) is 12.7 Å². The largest absolute Gasteiger partial charge is 0.444 e. The fourth-order valence-corrected chi connectivity index (χ4v) is 1.40. The van der Waals surface area contributed by atoms with E-state index in [2.05, 4.69) is 11.6 Å². The van der Waals surface area contributed by atoms with Gasteiger partial charge in [0.15, 0.2) is 0 Å². The number of aliphatic imine (C=N–C) groups is 1. The van der Waals surface area contributed by atoms with Crippen molar-refractivity contribution < 1.29 is 14.3 Å². The molecule has 1 aliphatic heterocycles. The molecule has 1 heterocycles. The molecule has 5 nitrogen and oxygen atoms in total. The number of nitrogens with zero attached hydrogens (tertiary/aromatic N) is 2. The molecule has 0 spiro atoms. The zero-order valence-corrected chi connectivity index (χ0v) is 8.68. The van der Waals surface area contributed by atoms with Crippen molar-refractivity contribution in [1.82, 2.24) is 4.90 Å². The number of ether oxygens (including phenoxy) is 1. The zero-order chi connectivity index (χ0) is 11.3. The monoisotopic (exact) mass is 210 g/mol. The van der Waals surface area contributed by atoms with Gasteiger partial charge in [0.2, 0.25) is 0 Å². The molecule has 82 valence electrons. The van der Waals surface area contributed by atoms with Gasteiger partial charge in [-0.05, 0) is 6.42 Å². The van der Waals surface area contributed by atoms with Crippen LogP contribution in [0.4, 0.5) is 4.79 Å². The van der Waals surface area contributed by atoms with E-state index in [1.807, 2.05) is 0 Å². The second kappa shape index (κ2) is 5.29. The fourth-order valence-electron chi connectivity index (χ4n) is 1.40. The molecule has 1 atom stereocenters. The molecular formula is C10H14N2O3. The molecule has 0 bridgehead atoms. The molecule has 15 heavy (non-hydrogen) atoms. The van der Waals surface area contributed by atoms with Crippen LogP contribution in [0.1, 0.15) is 12.8 Å². The molecule has 1 rings (SSSR count). The van der Waals surface area contributed by atoms with Crippen molar-refractivity contribution >= 4 is 18.2 Å². The summed E-state index contributed by atoms with van der Waals surface area (Å²) >= 11 is 0. The van der Waals surface area contributed by atoms with Gasteiger partial charge in [-0.3, -0.25) is 0 Å². The number of likely N-dealkylation sites (tertiary alicyclic amines) is 1. The van der Waals surface area contributed by atoms with Gasteiger partial charge in [-0.2, -0.15) is 4.99 Å². The van der Waals surface area contributed by atoms with Crippen LogP contribution in [-0.4, -0.2) is 42.8 Å². The Bertz CT molecular complexity index is 299. The number of amidine groups is 1. The Morgan fingerprint density at radius 2 is 2.53 bits per heavy atom. The van der Waals surface area contributed by atoms with Gasteiger partial charge in [0.25, 0.3) is 0 Å². The molecule has 0 aromatic carbocycles. The number of carbonyl (C=O) groups is 2. The normalized spacial score (nSPS) is 22.9. The third-order valence-corrected chi connectivity index (χ3v) is 2.27. The number of likely N-dealkylation sites (N-methyl/N-ethyl adjacent to an activating group) is 1. The van der Waals surface area contributed by atoms with Gasteiger partial charge >= 0.3 is 6.09 Å². The molecule has 1 amide bonds. The van der Waals surface area contributed by atoms with E-state index in [9.17, 15) is 9.59 Å². The Kier molecular flexibility index (Phi) is 4.03. The van der Waals surface area contributed by atoms with Crippen molar-refractivity contribution in [3.8, 4) is 0 Å². The van der Waals surface area contributed by atoms with Crippen molar-refractivity contribution in [1.29, 1.82) is 0 Å². The van der Waals surface area contributed by atoms with Crippen molar-refractivity contribution in [2.45, 2.75) is 18.9 Å². The summed E-state index contributed by atoms with van der Waals surface area (Å²) in [7, 11) is 1.74. The average Bonchev–Trinajstić information content (AvgIpc) is 2.57. The van der Waals surface area contributed by atoms with Crippen LogP contribution in [0.25, 0.3) is 0 Å². The van der Waals surface area contributed by atoms with Crippen LogP contribution in [0.5, 0.6) is 0 Å². The highest BCUT2D eigenvalue weighted by atomic mass is 16.5. The van der Waals surface area contributed by atoms with Crippen molar-refractivity contribution in [3.05, 3.63) is 12.7 Å². The highest BCUT2D eigenvalue weighted by Crippen LogP contribution is 2.16. The van der Waals surface area contributed by atoms with Crippen molar-refractivity contribution in [2.75, 3.05) is 13.7 Å². The van der Waals surface area contributed by atoms with Crippen LogP contribution in [0.15, 0.2) is 17.6 Å². The van der Waals surface area contributed by atoms with E-state index in [-0.39, 0.29) is 12.6 Å². The Morgan fingerprint density at radius 1 is 1.80 bits per heavy atom. The van der Waals surface area contributed by atoms with E-state index < -0.39 is 6.09 Å². The molecule has 1 aliphatic rings. The maximum atomic E-state index is 11.1. The lowest BCUT2D eigenvalue weighted by atomic mass is 10.2. The summed E-state index contributed by atoms with van der Waals surface area (Å²) in [6, 6.07) is -0.170. The molecule has 0 radical (unpaired) electrons. The van der Waals surface area contributed by atoms with Gasteiger partial charge in [0, 0.05) is 13.5 Å². The molecule has 1 fully saturated rings. The summed E-state index contributed by atoms with van der Waals surface area (Å²) in [5.41, 5.74) is 0. The molecule has 0 saturated carbocycles. The summed E-state index contributed by atoms with van der Waals surface area (Å²) in [6.07, 6.45) is 3.03. The lowest BCUT2D eigenvalue weighted by Crippen LogP contribution is -2.30. The summed E-state index contributed by atoms with van der Waals surface area (Å²) in [4.78, 5) is 27.2. The highest BCUT2D eigenvalue weighted by Gasteiger charge is 2.26. The summed E-state index contributed by atoms with van der Waals surface area (Å²) in [5.74, 6) is 0.598. The summed E-state index contributed by atoms with van der Waals surface area (Å²) in [6.45, 7) is 3.57. The minimum Gasteiger partial charge on any atom is -0.444 e. The van der Waals surface area contributed by atoms with Gasteiger partial charge < -0.3 is 14.4 Å². The Morgan fingerprint density at radius 3 is 3.07 bits per heavy atom. The molecule has 1 saturated heterocycles. The van der Waals surface area contributed by atoms with E-state index in [1.54, 1.807) is 11.9 Å². The Labute approximate surface area is 88.4 Å². The minimum atomic E-state index is -0.636. The predicted octanol–water partition coefficient (Wildman–Crippen LogP) is 1.00. The van der Waals surface area contributed by atoms with E-state index in [0.717, 1.165) is 6.29 Å². The van der Waals surface area contributed by atoms with Crippen LogP contribution in [-0.2, 0) is 9.53 Å². The number of rotatable bonds is 3. The first-order chi connectivity index (χ1) is 7.19. The molecule has 0 N–H and O–H groups in total. The van der Waals surface area contributed by atoms with Gasteiger partial charge in [0.05, 0.1) is 6.04 Å². The lowest BCUT2D eigenvalue weighted by Gasteiger charge is -2.15. The molecule has 0 aromatic heterocycles. The van der Waals surface area contributed by atoms with Crippen LogP contribution in [0.3, 0.4) is 0 Å². The molecule has 0 aromatic rings. The Hall–Kier alpha value is -1.65. The Balaban J connectivity index is 2.56. The predicted molar refractivity (Wildman–Crippen MR) is 55.8 cm³/mol. The van der Waals surface area contributed by atoms with Crippen LogP contribution in [0, 0.1) is 0 Å². The third kappa shape index (κ3) is 2.90. The first-order valence-electron chi connectivity index (χ1n) is 4.72. The minimum absolute atomic E-state index is 0.149. The smallest absolute Gasteiger partial charge is 0.435 e. The molecular weight excluding hydrogens is 196 g/mol. The topological polar surface area (TPSA) is 59.0 Å². The second-order valence-corrected chi connectivity index (χ2v) is 3.25. The lowest BCUT2D eigenvalue weighted by molar-refractivity contribution is -0.110. The first-order valence-corrected chi connectivity index (χ1v) is 4.72. The number of hydrogen-bond acceptors (Lipinski definition) is 3. The second-order valence-electron chi connectivity index (χ2n) is 3.25. The number of carbonyl (C=O) groups excluding carboxylic acids is 2. The number of aldehydes is 1. The summed E-state index contributed by atoms with van der Waals surface area (Å²) in [5, 5.41) is 0. The molecule has 5 heteroatoms. The maximum Gasteiger partial charge on any atom is 0.435 e. The SMILES string of the molecule is C=CCOC(=O)/N=C1/CC[C@@H](C=O)N1C. The fraction of sp³-hybridized carbons (Fsp3) is 0.500.